The molecule has 0 saturated heterocycles. The number of allylic oxidation sites excluding steroid dienone is 2. The molecule has 0 N–H and O–H groups in total. The van der Waals surface area contributed by atoms with Gasteiger partial charge in [0.05, 0.1) is 5.69 Å². The van der Waals surface area contributed by atoms with Crippen molar-refractivity contribution in [3.05, 3.63) is 41.6 Å². The van der Waals surface area contributed by atoms with Crippen LogP contribution in [0.1, 0.15) is 36.9 Å². The first kappa shape index (κ1) is 11.6. The summed E-state index contributed by atoms with van der Waals surface area (Å²) in [6, 6.07) is 8.42. The standard InChI is InChI=1S/C17H16N2O/c1-11-15-17(20-15)19-16(18-11)14-10-6-5-9-13(14)12-7-3-2-4-8-12/h5-7,9-10H,2-4,8H2,1H3. The molecule has 4 rings (SSSR count). The number of aromatic nitrogens is 2. The fourth-order valence-corrected chi connectivity index (χ4v) is 2.87. The summed E-state index contributed by atoms with van der Waals surface area (Å²) >= 11 is 0. The van der Waals surface area contributed by atoms with Crippen LogP contribution in [0.4, 0.5) is 0 Å². The highest BCUT2D eigenvalue weighted by Gasteiger charge is 2.28. The van der Waals surface area contributed by atoms with E-state index >= 15 is 0 Å². The number of ether oxygens (including phenoxy) is 1. The predicted molar refractivity (Wildman–Crippen MR) is 78.7 cm³/mol. The Kier molecular flexibility index (Phi) is 2.59. The molecule has 0 radical (unpaired) electrons. The van der Waals surface area contributed by atoms with Crippen LogP contribution in [0.5, 0.6) is 11.6 Å². The molecule has 2 aliphatic rings. The molecular weight excluding hydrogens is 248 g/mol. The molecule has 0 bridgehead atoms. The van der Waals surface area contributed by atoms with Crippen LogP contribution >= 0.6 is 0 Å². The number of benzene rings is 1. The molecule has 2 heterocycles. The third-order valence-corrected chi connectivity index (χ3v) is 3.97. The molecule has 1 aromatic heterocycles. The summed E-state index contributed by atoms with van der Waals surface area (Å²) in [6.45, 7) is 1.97. The molecule has 0 amide bonds. The molecule has 0 unspecified atom stereocenters. The molecule has 1 aliphatic carbocycles. The van der Waals surface area contributed by atoms with Crippen molar-refractivity contribution < 1.29 is 4.74 Å². The van der Waals surface area contributed by atoms with Gasteiger partial charge in [0, 0.05) is 5.56 Å². The second-order valence-corrected chi connectivity index (χ2v) is 5.39. The molecule has 0 atom stereocenters. The van der Waals surface area contributed by atoms with Gasteiger partial charge in [0.25, 0.3) is 5.88 Å². The van der Waals surface area contributed by atoms with Gasteiger partial charge in [-0.2, -0.15) is 4.98 Å². The lowest BCUT2D eigenvalue weighted by Crippen LogP contribution is -1.96. The fourth-order valence-electron chi connectivity index (χ4n) is 2.87. The van der Waals surface area contributed by atoms with Gasteiger partial charge in [-0.05, 0) is 43.7 Å². The van der Waals surface area contributed by atoms with Crippen molar-refractivity contribution >= 4 is 5.57 Å². The maximum atomic E-state index is 5.33. The van der Waals surface area contributed by atoms with Crippen LogP contribution in [0.3, 0.4) is 0 Å². The summed E-state index contributed by atoms with van der Waals surface area (Å²) < 4.78 is 5.33. The lowest BCUT2D eigenvalue weighted by atomic mass is 9.90. The number of hydrogen-bond acceptors (Lipinski definition) is 3. The molecule has 3 nitrogen and oxygen atoms in total. The van der Waals surface area contributed by atoms with E-state index in [9.17, 15) is 0 Å². The molecule has 20 heavy (non-hydrogen) atoms. The molecule has 1 aromatic carbocycles. The monoisotopic (exact) mass is 264 g/mol. The largest absolute Gasteiger partial charge is 0.428 e. The Balaban J connectivity index is 1.84. The van der Waals surface area contributed by atoms with Crippen LogP contribution in [0, 0.1) is 6.92 Å². The van der Waals surface area contributed by atoms with E-state index < -0.39 is 0 Å². The minimum absolute atomic E-state index is 0.736. The zero-order chi connectivity index (χ0) is 13.5. The lowest BCUT2D eigenvalue weighted by Gasteiger charge is -2.15. The van der Waals surface area contributed by atoms with Gasteiger partial charge in [0.15, 0.2) is 5.82 Å². The highest BCUT2D eigenvalue weighted by Crippen LogP contribution is 2.46. The minimum Gasteiger partial charge on any atom is -0.428 e. The summed E-state index contributed by atoms with van der Waals surface area (Å²) in [4.78, 5) is 9.08. The summed E-state index contributed by atoms with van der Waals surface area (Å²) in [5, 5.41) is 0. The SMILES string of the molecule is Cc1nc(-c2ccccc2C2=CCCCC2)nc2c1O2. The quantitative estimate of drug-likeness (QED) is 0.639. The van der Waals surface area contributed by atoms with Gasteiger partial charge in [-0.3, -0.25) is 0 Å². The van der Waals surface area contributed by atoms with Gasteiger partial charge < -0.3 is 4.74 Å². The molecule has 2 aromatic rings. The molecule has 0 spiro atoms. The first-order valence-corrected chi connectivity index (χ1v) is 7.18. The maximum Gasteiger partial charge on any atom is 0.267 e. The summed E-state index contributed by atoms with van der Waals surface area (Å²) in [5.74, 6) is 2.36. The number of aryl methyl sites for hydroxylation is 1. The number of hydrogen-bond donors (Lipinski definition) is 0. The molecule has 0 fully saturated rings. The summed E-state index contributed by atoms with van der Waals surface area (Å²) in [6.07, 6.45) is 7.26. The second kappa shape index (κ2) is 4.44. The van der Waals surface area contributed by atoms with E-state index in [1.54, 1.807) is 0 Å². The highest BCUT2D eigenvalue weighted by atomic mass is 16.6. The fraction of sp³-hybridized carbons (Fsp3) is 0.294. The Bertz CT molecular complexity index is 719. The van der Waals surface area contributed by atoms with Gasteiger partial charge >= 0.3 is 0 Å². The first-order chi connectivity index (χ1) is 9.83. The predicted octanol–water partition coefficient (Wildman–Crippen LogP) is 4.52. The molecule has 3 heteroatoms. The normalized spacial score (nSPS) is 16.1. The van der Waals surface area contributed by atoms with Crippen LogP contribution in [-0.4, -0.2) is 9.97 Å². The van der Waals surface area contributed by atoms with Crippen LogP contribution < -0.4 is 4.74 Å². The second-order valence-electron chi connectivity index (χ2n) is 5.39. The van der Waals surface area contributed by atoms with E-state index in [1.807, 2.05) is 13.0 Å². The Labute approximate surface area is 118 Å². The van der Waals surface area contributed by atoms with E-state index in [1.165, 1.54) is 30.4 Å². The number of nitrogens with zero attached hydrogens (tertiary/aromatic N) is 2. The Morgan fingerprint density at radius 1 is 1.05 bits per heavy atom. The van der Waals surface area contributed by atoms with Crippen molar-refractivity contribution in [1.29, 1.82) is 0 Å². The van der Waals surface area contributed by atoms with Crippen LogP contribution in [0.2, 0.25) is 0 Å². The van der Waals surface area contributed by atoms with Crippen molar-refractivity contribution in [3.63, 3.8) is 0 Å². The van der Waals surface area contributed by atoms with Crippen LogP contribution in [0.25, 0.3) is 17.0 Å². The lowest BCUT2D eigenvalue weighted by molar-refractivity contribution is 0.632. The van der Waals surface area contributed by atoms with Gasteiger partial charge in [-0.25, -0.2) is 4.98 Å². The van der Waals surface area contributed by atoms with Crippen LogP contribution in [0.15, 0.2) is 30.3 Å². The van der Waals surface area contributed by atoms with E-state index in [0.29, 0.717) is 0 Å². The average molecular weight is 264 g/mol. The van der Waals surface area contributed by atoms with E-state index in [0.717, 1.165) is 35.1 Å². The summed E-state index contributed by atoms with van der Waals surface area (Å²) in [5.41, 5.74) is 4.74. The van der Waals surface area contributed by atoms with E-state index in [2.05, 4.69) is 34.2 Å². The number of rotatable bonds is 2. The van der Waals surface area contributed by atoms with E-state index in [4.69, 9.17) is 4.74 Å². The average Bonchev–Trinajstić information content (AvgIpc) is 3.28. The van der Waals surface area contributed by atoms with Crippen molar-refractivity contribution in [3.8, 4) is 23.0 Å². The molecule has 100 valence electrons. The smallest absolute Gasteiger partial charge is 0.267 e. The molecular formula is C17H16N2O. The highest BCUT2D eigenvalue weighted by molar-refractivity contribution is 5.79. The third-order valence-electron chi connectivity index (χ3n) is 3.97. The zero-order valence-electron chi connectivity index (χ0n) is 11.5. The van der Waals surface area contributed by atoms with Crippen molar-refractivity contribution in [1.82, 2.24) is 9.97 Å². The minimum atomic E-state index is 0.736. The van der Waals surface area contributed by atoms with E-state index in [-0.39, 0.29) is 0 Å². The summed E-state index contributed by atoms with van der Waals surface area (Å²) in [7, 11) is 0. The Morgan fingerprint density at radius 3 is 2.65 bits per heavy atom. The molecule has 0 saturated carbocycles. The third kappa shape index (κ3) is 1.90. The Hall–Kier alpha value is -2.16. The molecule has 1 aliphatic heterocycles. The number of fused-ring (bicyclic) bond motifs is 1. The van der Waals surface area contributed by atoms with Gasteiger partial charge in [-0.1, -0.05) is 30.3 Å². The Morgan fingerprint density at radius 2 is 1.90 bits per heavy atom. The first-order valence-electron chi connectivity index (χ1n) is 7.18. The van der Waals surface area contributed by atoms with Crippen molar-refractivity contribution in [2.24, 2.45) is 0 Å². The van der Waals surface area contributed by atoms with Gasteiger partial charge in [0.1, 0.15) is 0 Å². The van der Waals surface area contributed by atoms with Gasteiger partial charge in [-0.15, -0.1) is 0 Å². The maximum absolute atomic E-state index is 5.33. The van der Waals surface area contributed by atoms with Crippen molar-refractivity contribution in [2.75, 3.05) is 0 Å². The topological polar surface area (TPSA) is 38.3 Å². The van der Waals surface area contributed by atoms with Gasteiger partial charge in [0.2, 0.25) is 5.75 Å². The van der Waals surface area contributed by atoms with Crippen molar-refractivity contribution in [2.45, 2.75) is 32.6 Å². The van der Waals surface area contributed by atoms with Crippen LogP contribution in [-0.2, 0) is 0 Å². The zero-order valence-corrected chi connectivity index (χ0v) is 11.5.